The van der Waals surface area contributed by atoms with Gasteiger partial charge in [-0.2, -0.15) is 0 Å². The van der Waals surface area contributed by atoms with Crippen LogP contribution >= 0.6 is 0 Å². The first kappa shape index (κ1) is 24.1. The van der Waals surface area contributed by atoms with Crippen LogP contribution in [0.1, 0.15) is 85.5 Å². The van der Waals surface area contributed by atoms with Crippen molar-refractivity contribution in [1.82, 2.24) is 4.90 Å². The summed E-state index contributed by atoms with van der Waals surface area (Å²) < 4.78 is 4.55. The lowest BCUT2D eigenvalue weighted by molar-refractivity contribution is 0.0765. The molecule has 1 N–H and O–H groups in total. The lowest BCUT2D eigenvalue weighted by Crippen LogP contribution is -2.27. The Labute approximate surface area is 140 Å². The molecule has 1 atom stereocenters. The van der Waals surface area contributed by atoms with Crippen molar-refractivity contribution in [3.05, 3.63) is 0 Å². The van der Waals surface area contributed by atoms with Gasteiger partial charge < -0.3 is 14.7 Å². The van der Waals surface area contributed by atoms with Gasteiger partial charge in [0, 0.05) is 7.11 Å². The summed E-state index contributed by atoms with van der Waals surface area (Å²) >= 11 is 0. The third-order valence-corrected chi connectivity index (χ3v) is 3.64. The van der Waals surface area contributed by atoms with E-state index in [4.69, 9.17) is 5.11 Å². The molecular formula is C19H43NO2. The molecular weight excluding hydrogens is 274 g/mol. The predicted molar refractivity (Wildman–Crippen MR) is 98.6 cm³/mol. The molecule has 0 unspecified atom stereocenters. The maximum atomic E-state index is 8.43. The topological polar surface area (TPSA) is 32.7 Å². The molecule has 0 saturated carbocycles. The highest BCUT2D eigenvalue weighted by atomic mass is 16.5. The van der Waals surface area contributed by atoms with E-state index in [2.05, 4.69) is 30.4 Å². The molecule has 0 rings (SSSR count). The van der Waals surface area contributed by atoms with Crippen molar-refractivity contribution < 1.29 is 9.84 Å². The van der Waals surface area contributed by atoms with Gasteiger partial charge >= 0.3 is 0 Å². The summed E-state index contributed by atoms with van der Waals surface area (Å²) in [5.41, 5.74) is 0. The van der Waals surface area contributed by atoms with Crippen LogP contribution in [0.4, 0.5) is 0 Å². The summed E-state index contributed by atoms with van der Waals surface area (Å²) in [6.07, 6.45) is 12.1. The molecule has 0 radical (unpaired) electrons. The maximum Gasteiger partial charge on any atom is 0.0745 e. The van der Waals surface area contributed by atoms with Crippen LogP contribution in [0, 0.1) is 0 Å². The van der Waals surface area contributed by atoms with Crippen molar-refractivity contribution in [2.45, 2.75) is 91.6 Å². The molecule has 136 valence electrons. The van der Waals surface area contributed by atoms with E-state index >= 15 is 0 Å². The normalized spacial score (nSPS) is 12.1. The van der Waals surface area contributed by atoms with Gasteiger partial charge in [-0.05, 0) is 45.8 Å². The second-order valence-electron chi connectivity index (χ2n) is 6.27. The van der Waals surface area contributed by atoms with Gasteiger partial charge in [0.05, 0.1) is 12.7 Å². The molecule has 0 aromatic carbocycles. The Kier molecular flexibility index (Phi) is 22.9. The summed E-state index contributed by atoms with van der Waals surface area (Å²) in [5.74, 6) is 0. The Morgan fingerprint density at radius 2 is 1.14 bits per heavy atom. The fourth-order valence-electron chi connectivity index (χ4n) is 2.33. The molecule has 22 heavy (non-hydrogen) atoms. The molecule has 0 aliphatic carbocycles. The Morgan fingerprint density at radius 1 is 0.773 bits per heavy atom. The first-order valence-electron chi connectivity index (χ1n) is 9.51. The van der Waals surface area contributed by atoms with E-state index in [1.807, 2.05) is 0 Å². The number of hydrogen-bond donors (Lipinski definition) is 1. The minimum Gasteiger partial charge on any atom is -0.391 e. The molecule has 0 bridgehead atoms. The number of ether oxygens (including phenoxy) is 1. The van der Waals surface area contributed by atoms with Crippen LogP contribution in [0.2, 0.25) is 0 Å². The maximum absolute atomic E-state index is 8.43. The summed E-state index contributed by atoms with van der Waals surface area (Å²) in [5, 5.41) is 8.43. The summed E-state index contributed by atoms with van der Waals surface area (Å²) in [6.45, 7) is 13.0. The van der Waals surface area contributed by atoms with E-state index in [1.165, 1.54) is 77.4 Å². The molecule has 0 aromatic rings. The average Bonchev–Trinajstić information content (AvgIpc) is 2.48. The largest absolute Gasteiger partial charge is 0.391 e. The van der Waals surface area contributed by atoms with E-state index < -0.39 is 0 Å². The van der Waals surface area contributed by atoms with Gasteiger partial charge in [0.25, 0.3) is 0 Å². The highest BCUT2D eigenvalue weighted by molar-refractivity contribution is 4.58. The Bertz CT molecular complexity index is 162. The SMILES string of the molecule is CCCCCN(CCCCC)CCCCC.COC[C@H](C)O. The zero-order valence-electron chi connectivity index (χ0n) is 16.1. The van der Waals surface area contributed by atoms with Crippen LogP contribution in [0.15, 0.2) is 0 Å². The van der Waals surface area contributed by atoms with E-state index in [9.17, 15) is 0 Å². The van der Waals surface area contributed by atoms with Crippen molar-refractivity contribution >= 4 is 0 Å². The van der Waals surface area contributed by atoms with Crippen LogP contribution in [-0.2, 0) is 4.74 Å². The standard InChI is InChI=1S/C15H33N.C4H10O2/c1-4-7-10-13-16(14-11-8-5-2)15-12-9-6-3;1-4(5)3-6-2/h4-15H2,1-3H3;4-5H,3H2,1-2H3/t;4-/m.0/s1. The van der Waals surface area contributed by atoms with Crippen LogP contribution < -0.4 is 0 Å². The van der Waals surface area contributed by atoms with Crippen molar-refractivity contribution in [1.29, 1.82) is 0 Å². The van der Waals surface area contributed by atoms with Crippen molar-refractivity contribution in [2.24, 2.45) is 0 Å². The Hall–Kier alpha value is -0.120. The fourth-order valence-corrected chi connectivity index (χ4v) is 2.33. The predicted octanol–water partition coefficient (Wildman–Crippen LogP) is 4.87. The molecule has 0 aliphatic heterocycles. The summed E-state index contributed by atoms with van der Waals surface area (Å²) in [7, 11) is 1.56. The number of rotatable bonds is 14. The first-order valence-corrected chi connectivity index (χ1v) is 9.51. The Balaban J connectivity index is 0. The molecule has 0 fully saturated rings. The third-order valence-electron chi connectivity index (χ3n) is 3.64. The number of nitrogens with zero attached hydrogens (tertiary/aromatic N) is 1. The number of hydrogen-bond acceptors (Lipinski definition) is 3. The fraction of sp³-hybridized carbons (Fsp3) is 1.00. The lowest BCUT2D eigenvalue weighted by Gasteiger charge is -2.22. The quantitative estimate of drug-likeness (QED) is 0.464. The minimum atomic E-state index is -0.324. The summed E-state index contributed by atoms with van der Waals surface area (Å²) in [6, 6.07) is 0. The van der Waals surface area contributed by atoms with E-state index in [-0.39, 0.29) is 6.10 Å². The minimum absolute atomic E-state index is 0.324. The number of methoxy groups -OCH3 is 1. The van der Waals surface area contributed by atoms with Crippen LogP contribution in [0.25, 0.3) is 0 Å². The molecule has 0 aliphatic rings. The highest BCUT2D eigenvalue weighted by Gasteiger charge is 2.03. The van der Waals surface area contributed by atoms with Crippen molar-refractivity contribution in [3.8, 4) is 0 Å². The monoisotopic (exact) mass is 317 g/mol. The lowest BCUT2D eigenvalue weighted by atomic mass is 10.2. The molecule has 0 aromatic heterocycles. The Morgan fingerprint density at radius 3 is 1.32 bits per heavy atom. The number of aliphatic hydroxyl groups is 1. The zero-order valence-corrected chi connectivity index (χ0v) is 16.1. The van der Waals surface area contributed by atoms with Gasteiger partial charge in [0.1, 0.15) is 0 Å². The molecule has 3 heteroatoms. The van der Waals surface area contributed by atoms with Crippen molar-refractivity contribution in [2.75, 3.05) is 33.4 Å². The van der Waals surface area contributed by atoms with Gasteiger partial charge in [-0.1, -0.05) is 59.3 Å². The smallest absolute Gasteiger partial charge is 0.0745 e. The second kappa shape index (κ2) is 20.9. The van der Waals surface area contributed by atoms with Gasteiger partial charge in [-0.3, -0.25) is 0 Å². The van der Waals surface area contributed by atoms with Crippen LogP contribution in [-0.4, -0.2) is 49.5 Å². The van der Waals surface area contributed by atoms with Crippen molar-refractivity contribution in [3.63, 3.8) is 0 Å². The first-order chi connectivity index (χ1) is 10.6. The third kappa shape index (κ3) is 22.2. The molecule has 0 amide bonds. The number of unbranched alkanes of at least 4 members (excludes halogenated alkanes) is 6. The second-order valence-corrected chi connectivity index (χ2v) is 6.27. The van der Waals surface area contributed by atoms with E-state index in [0.29, 0.717) is 6.61 Å². The van der Waals surface area contributed by atoms with Gasteiger partial charge in [-0.25, -0.2) is 0 Å². The van der Waals surface area contributed by atoms with Gasteiger partial charge in [0.15, 0.2) is 0 Å². The molecule has 0 saturated heterocycles. The van der Waals surface area contributed by atoms with E-state index in [1.54, 1.807) is 14.0 Å². The van der Waals surface area contributed by atoms with Crippen LogP contribution in [0.5, 0.6) is 0 Å². The number of aliphatic hydroxyl groups excluding tert-OH is 1. The van der Waals surface area contributed by atoms with Gasteiger partial charge in [0.2, 0.25) is 0 Å². The molecule has 0 heterocycles. The zero-order chi connectivity index (χ0) is 17.1. The van der Waals surface area contributed by atoms with Crippen LogP contribution in [0.3, 0.4) is 0 Å². The molecule has 3 nitrogen and oxygen atoms in total. The average molecular weight is 318 g/mol. The van der Waals surface area contributed by atoms with E-state index in [0.717, 1.165) is 0 Å². The molecule has 0 spiro atoms. The van der Waals surface area contributed by atoms with Gasteiger partial charge in [-0.15, -0.1) is 0 Å². The highest BCUT2D eigenvalue weighted by Crippen LogP contribution is 2.05. The summed E-state index contributed by atoms with van der Waals surface area (Å²) in [4.78, 5) is 2.70.